The lowest BCUT2D eigenvalue weighted by molar-refractivity contribution is 0.0952. The zero-order chi connectivity index (χ0) is 19.4. The van der Waals surface area contributed by atoms with Crippen molar-refractivity contribution in [2.45, 2.75) is 11.4 Å². The van der Waals surface area contributed by atoms with Crippen molar-refractivity contribution in [2.75, 3.05) is 12.8 Å². The Labute approximate surface area is 161 Å². The molecule has 2 aromatic heterocycles. The molecule has 1 N–H and O–H groups in total. The number of amides is 1. The van der Waals surface area contributed by atoms with Gasteiger partial charge in [0.1, 0.15) is 5.69 Å². The Balaban J connectivity index is 1.60. The molecular weight excluding hydrogens is 390 g/mol. The van der Waals surface area contributed by atoms with Crippen LogP contribution in [0.15, 0.2) is 53.7 Å². The number of halogens is 1. The molecule has 0 aliphatic heterocycles. The smallest absolute Gasteiger partial charge is 0.252 e. The maximum absolute atomic E-state index is 12.2. The van der Waals surface area contributed by atoms with Gasteiger partial charge in [-0.3, -0.25) is 14.5 Å². The van der Waals surface area contributed by atoms with Crippen molar-refractivity contribution < 1.29 is 13.2 Å². The molecule has 3 aromatic rings. The molecule has 27 heavy (non-hydrogen) atoms. The Hall–Kier alpha value is -2.78. The monoisotopic (exact) mass is 405 g/mol. The molecule has 1 amide bonds. The van der Waals surface area contributed by atoms with E-state index in [1.807, 2.05) is 18.2 Å². The molecule has 0 spiro atoms. The van der Waals surface area contributed by atoms with E-state index in [1.54, 1.807) is 17.1 Å². The normalized spacial score (nSPS) is 11.3. The lowest BCUT2D eigenvalue weighted by Gasteiger charge is -2.08. The van der Waals surface area contributed by atoms with Crippen LogP contribution in [-0.2, 0) is 16.4 Å². The van der Waals surface area contributed by atoms with Crippen LogP contribution in [0.4, 0.5) is 0 Å². The van der Waals surface area contributed by atoms with Gasteiger partial charge < -0.3 is 5.32 Å². The van der Waals surface area contributed by atoms with Gasteiger partial charge in [-0.1, -0.05) is 22.9 Å². The number of hydrogen-bond donors (Lipinski definition) is 1. The first-order chi connectivity index (χ1) is 12.8. The van der Waals surface area contributed by atoms with Crippen molar-refractivity contribution in [1.29, 1.82) is 0 Å². The molecule has 1 aromatic carbocycles. The first-order valence-electron chi connectivity index (χ1n) is 7.94. The van der Waals surface area contributed by atoms with Crippen LogP contribution in [0.2, 0.25) is 5.02 Å². The summed E-state index contributed by atoms with van der Waals surface area (Å²) in [6, 6.07) is 9.52. The average molecular weight is 406 g/mol. The Bertz CT molecular complexity index is 1070. The molecule has 8 nitrogen and oxygen atoms in total. The molecule has 2 heterocycles. The Morgan fingerprint density at radius 1 is 1.22 bits per heavy atom. The van der Waals surface area contributed by atoms with Crippen molar-refractivity contribution in [1.82, 2.24) is 25.3 Å². The maximum atomic E-state index is 12.2. The number of benzene rings is 1. The number of carbonyl (C=O) groups is 1. The number of pyridine rings is 1. The van der Waals surface area contributed by atoms with Crippen LogP contribution in [0.25, 0.3) is 11.4 Å². The van der Waals surface area contributed by atoms with Crippen LogP contribution < -0.4 is 5.32 Å². The standard InChI is InChI=1S/C17H16ClN5O3S/c1-27(25,26)12-5-6-13(14(18)10-12)17(24)20-8-9-23-11-16(21-22-23)15-4-2-3-7-19-15/h2-7,10-11H,8-9H2,1H3,(H,20,24). The summed E-state index contributed by atoms with van der Waals surface area (Å²) in [5, 5.41) is 10.8. The molecule has 0 aliphatic rings. The van der Waals surface area contributed by atoms with Gasteiger partial charge >= 0.3 is 0 Å². The van der Waals surface area contributed by atoms with E-state index >= 15 is 0 Å². The van der Waals surface area contributed by atoms with Gasteiger partial charge in [0.15, 0.2) is 9.84 Å². The molecule has 0 aliphatic carbocycles. The summed E-state index contributed by atoms with van der Waals surface area (Å²) in [6.07, 6.45) is 4.49. The number of nitrogens with zero attached hydrogens (tertiary/aromatic N) is 4. The number of rotatable bonds is 6. The van der Waals surface area contributed by atoms with Crippen molar-refractivity contribution in [2.24, 2.45) is 0 Å². The summed E-state index contributed by atoms with van der Waals surface area (Å²) in [4.78, 5) is 16.5. The summed E-state index contributed by atoms with van der Waals surface area (Å²) >= 11 is 6.04. The van der Waals surface area contributed by atoms with Gasteiger partial charge in [-0.05, 0) is 30.3 Å². The molecule has 10 heteroatoms. The molecular formula is C17H16ClN5O3S. The van der Waals surface area contributed by atoms with E-state index in [0.717, 1.165) is 6.26 Å². The highest BCUT2D eigenvalue weighted by Crippen LogP contribution is 2.20. The minimum atomic E-state index is -3.38. The van der Waals surface area contributed by atoms with Crippen molar-refractivity contribution in [3.05, 3.63) is 59.4 Å². The third kappa shape index (κ3) is 4.69. The molecule has 0 saturated carbocycles. The van der Waals surface area contributed by atoms with Gasteiger partial charge in [0.05, 0.1) is 33.9 Å². The fourth-order valence-corrected chi connectivity index (χ4v) is 3.31. The second kappa shape index (κ2) is 7.85. The van der Waals surface area contributed by atoms with Gasteiger partial charge in [0.2, 0.25) is 0 Å². The molecule has 0 atom stereocenters. The molecule has 0 fully saturated rings. The third-order valence-electron chi connectivity index (χ3n) is 3.71. The number of carbonyl (C=O) groups excluding carboxylic acids is 1. The summed E-state index contributed by atoms with van der Waals surface area (Å²) in [6.45, 7) is 0.707. The van der Waals surface area contributed by atoms with Gasteiger partial charge in [0.25, 0.3) is 5.91 Å². The Morgan fingerprint density at radius 3 is 2.70 bits per heavy atom. The Kier molecular flexibility index (Phi) is 5.52. The topological polar surface area (TPSA) is 107 Å². The van der Waals surface area contributed by atoms with E-state index in [0.29, 0.717) is 24.5 Å². The zero-order valence-electron chi connectivity index (χ0n) is 14.3. The number of hydrogen-bond acceptors (Lipinski definition) is 6. The van der Waals surface area contributed by atoms with Crippen LogP contribution in [0.5, 0.6) is 0 Å². The lowest BCUT2D eigenvalue weighted by Crippen LogP contribution is -2.27. The molecule has 0 radical (unpaired) electrons. The molecule has 3 rings (SSSR count). The summed E-state index contributed by atoms with van der Waals surface area (Å²) in [5.74, 6) is -0.398. The van der Waals surface area contributed by atoms with Gasteiger partial charge in [-0.2, -0.15) is 0 Å². The molecule has 0 bridgehead atoms. The number of aromatic nitrogens is 4. The molecule has 0 saturated heterocycles. The first kappa shape index (κ1) is 19.0. The summed E-state index contributed by atoms with van der Waals surface area (Å²) in [7, 11) is -3.38. The van der Waals surface area contributed by atoms with E-state index in [4.69, 9.17) is 11.6 Å². The second-order valence-corrected chi connectivity index (χ2v) is 8.17. The fraction of sp³-hybridized carbons (Fsp3) is 0.176. The predicted octanol–water partition coefficient (Wildman–Crippen LogP) is 1.83. The summed E-state index contributed by atoms with van der Waals surface area (Å²) < 4.78 is 24.6. The largest absolute Gasteiger partial charge is 0.350 e. The zero-order valence-corrected chi connectivity index (χ0v) is 15.9. The SMILES string of the molecule is CS(=O)(=O)c1ccc(C(=O)NCCn2cc(-c3ccccn3)nn2)c(Cl)c1. The Morgan fingerprint density at radius 2 is 2.04 bits per heavy atom. The number of nitrogens with one attached hydrogen (secondary N) is 1. The van der Waals surface area contributed by atoms with Gasteiger partial charge in [-0.15, -0.1) is 5.10 Å². The maximum Gasteiger partial charge on any atom is 0.252 e. The minimum Gasteiger partial charge on any atom is -0.350 e. The van der Waals surface area contributed by atoms with Crippen LogP contribution in [-0.4, -0.2) is 47.1 Å². The minimum absolute atomic E-state index is 0.0636. The van der Waals surface area contributed by atoms with Gasteiger partial charge in [0, 0.05) is 19.0 Å². The van der Waals surface area contributed by atoms with E-state index in [1.165, 1.54) is 18.2 Å². The van der Waals surface area contributed by atoms with Crippen molar-refractivity contribution >= 4 is 27.3 Å². The van der Waals surface area contributed by atoms with E-state index < -0.39 is 15.7 Å². The first-order valence-corrected chi connectivity index (χ1v) is 10.2. The van der Waals surface area contributed by atoms with Crippen LogP contribution in [0.3, 0.4) is 0 Å². The molecule has 0 unspecified atom stereocenters. The lowest BCUT2D eigenvalue weighted by atomic mass is 10.2. The van der Waals surface area contributed by atoms with E-state index in [9.17, 15) is 13.2 Å². The predicted molar refractivity (Wildman–Crippen MR) is 100 cm³/mol. The van der Waals surface area contributed by atoms with E-state index in [2.05, 4.69) is 20.6 Å². The van der Waals surface area contributed by atoms with Crippen molar-refractivity contribution in [3.63, 3.8) is 0 Å². The van der Waals surface area contributed by atoms with Crippen molar-refractivity contribution in [3.8, 4) is 11.4 Å². The number of sulfone groups is 1. The van der Waals surface area contributed by atoms with Crippen LogP contribution >= 0.6 is 11.6 Å². The van der Waals surface area contributed by atoms with E-state index in [-0.39, 0.29) is 15.5 Å². The highest BCUT2D eigenvalue weighted by atomic mass is 35.5. The second-order valence-electron chi connectivity index (χ2n) is 5.75. The fourth-order valence-electron chi connectivity index (χ4n) is 2.33. The third-order valence-corrected chi connectivity index (χ3v) is 5.13. The average Bonchev–Trinajstić information content (AvgIpc) is 3.10. The highest BCUT2D eigenvalue weighted by Gasteiger charge is 2.14. The van der Waals surface area contributed by atoms with Crippen LogP contribution in [0.1, 0.15) is 10.4 Å². The highest BCUT2D eigenvalue weighted by molar-refractivity contribution is 7.90. The molecule has 140 valence electrons. The van der Waals surface area contributed by atoms with Crippen LogP contribution in [0, 0.1) is 0 Å². The quantitative estimate of drug-likeness (QED) is 0.670. The van der Waals surface area contributed by atoms with Gasteiger partial charge in [-0.25, -0.2) is 8.42 Å². The summed E-state index contributed by atoms with van der Waals surface area (Å²) in [5.41, 5.74) is 1.56.